The lowest BCUT2D eigenvalue weighted by Gasteiger charge is -2.31. The number of aromatic amines is 1. The van der Waals surface area contributed by atoms with Crippen LogP contribution in [0, 0.1) is 0 Å². The van der Waals surface area contributed by atoms with E-state index >= 15 is 0 Å². The largest absolute Gasteiger partial charge is 0.497 e. The first-order chi connectivity index (χ1) is 13.1. The van der Waals surface area contributed by atoms with Crippen LogP contribution in [0.2, 0.25) is 0 Å². The Morgan fingerprint density at radius 3 is 2.74 bits per heavy atom. The van der Waals surface area contributed by atoms with Gasteiger partial charge in [0.1, 0.15) is 11.4 Å². The van der Waals surface area contributed by atoms with Crippen LogP contribution in [0.1, 0.15) is 33.9 Å². The van der Waals surface area contributed by atoms with Gasteiger partial charge < -0.3 is 24.4 Å². The van der Waals surface area contributed by atoms with E-state index in [9.17, 15) is 9.59 Å². The van der Waals surface area contributed by atoms with Gasteiger partial charge in [-0.25, -0.2) is 0 Å². The molecule has 0 spiro atoms. The van der Waals surface area contributed by atoms with Crippen molar-refractivity contribution in [2.75, 3.05) is 20.2 Å². The van der Waals surface area contributed by atoms with E-state index in [1.165, 1.54) is 6.26 Å². The molecule has 1 saturated heterocycles. The number of likely N-dealkylation sites (tertiary alicyclic amines) is 1. The molecular formula is C20H21N3O4. The highest BCUT2D eigenvalue weighted by molar-refractivity contribution is 5.98. The molecule has 0 radical (unpaired) electrons. The normalized spacial score (nSPS) is 15.1. The highest BCUT2D eigenvalue weighted by atomic mass is 16.5. The van der Waals surface area contributed by atoms with E-state index in [-0.39, 0.29) is 17.9 Å². The summed E-state index contributed by atoms with van der Waals surface area (Å²) in [4.78, 5) is 29.8. The molecule has 3 aromatic rings. The van der Waals surface area contributed by atoms with E-state index in [1.807, 2.05) is 24.3 Å². The fourth-order valence-electron chi connectivity index (χ4n) is 3.40. The number of ether oxygens (including phenoxy) is 1. The van der Waals surface area contributed by atoms with Crippen molar-refractivity contribution in [2.45, 2.75) is 18.9 Å². The van der Waals surface area contributed by atoms with Gasteiger partial charge in [-0.15, -0.1) is 0 Å². The van der Waals surface area contributed by atoms with Gasteiger partial charge in [-0.05, 0) is 43.2 Å². The number of rotatable bonds is 4. The molecule has 1 fully saturated rings. The highest BCUT2D eigenvalue weighted by Gasteiger charge is 2.26. The SMILES string of the molecule is COc1ccc2cc(C(=O)NC3CCN(C(=O)c4ccco4)CC3)[nH]c2c1. The number of furan rings is 1. The zero-order chi connectivity index (χ0) is 18.8. The summed E-state index contributed by atoms with van der Waals surface area (Å²) in [5, 5.41) is 4.01. The molecule has 0 aliphatic carbocycles. The number of fused-ring (bicyclic) bond motifs is 1. The molecule has 0 atom stereocenters. The second-order valence-electron chi connectivity index (χ2n) is 6.65. The summed E-state index contributed by atoms with van der Waals surface area (Å²) in [5.41, 5.74) is 1.38. The molecule has 0 unspecified atom stereocenters. The predicted molar refractivity (Wildman–Crippen MR) is 100.0 cm³/mol. The van der Waals surface area contributed by atoms with Crippen LogP contribution in [0.15, 0.2) is 47.1 Å². The molecule has 1 aromatic carbocycles. The summed E-state index contributed by atoms with van der Waals surface area (Å²) >= 11 is 0. The van der Waals surface area contributed by atoms with Gasteiger partial charge in [-0.2, -0.15) is 0 Å². The maximum absolute atomic E-state index is 12.6. The maximum atomic E-state index is 12.6. The number of hydrogen-bond donors (Lipinski definition) is 2. The summed E-state index contributed by atoms with van der Waals surface area (Å²) in [6, 6.07) is 10.9. The second-order valence-corrected chi connectivity index (χ2v) is 6.65. The molecule has 2 aromatic heterocycles. The molecule has 3 heterocycles. The van der Waals surface area contributed by atoms with Gasteiger partial charge in [-0.3, -0.25) is 9.59 Å². The van der Waals surface area contributed by atoms with Crippen molar-refractivity contribution in [1.29, 1.82) is 0 Å². The minimum absolute atomic E-state index is 0.0408. The first kappa shape index (κ1) is 17.2. The molecule has 1 aliphatic heterocycles. The van der Waals surface area contributed by atoms with Crippen molar-refractivity contribution in [3.8, 4) is 5.75 Å². The fraction of sp³-hybridized carbons (Fsp3) is 0.300. The molecule has 2 amide bonds. The first-order valence-electron chi connectivity index (χ1n) is 8.94. The second kappa shape index (κ2) is 7.19. The van der Waals surface area contributed by atoms with Crippen molar-refractivity contribution >= 4 is 22.7 Å². The molecule has 1 aliphatic rings. The molecule has 140 valence electrons. The van der Waals surface area contributed by atoms with Crippen molar-refractivity contribution in [1.82, 2.24) is 15.2 Å². The Kier molecular flexibility index (Phi) is 4.58. The Morgan fingerprint density at radius 1 is 1.22 bits per heavy atom. The van der Waals surface area contributed by atoms with Crippen LogP contribution in [-0.2, 0) is 0 Å². The van der Waals surface area contributed by atoms with Crippen LogP contribution in [0.5, 0.6) is 5.75 Å². The van der Waals surface area contributed by atoms with Crippen LogP contribution >= 0.6 is 0 Å². The summed E-state index contributed by atoms with van der Waals surface area (Å²) in [6.07, 6.45) is 2.93. The number of carbonyl (C=O) groups excluding carboxylic acids is 2. The van der Waals surface area contributed by atoms with Gasteiger partial charge in [0.05, 0.1) is 13.4 Å². The Bertz CT molecular complexity index is 953. The smallest absolute Gasteiger partial charge is 0.289 e. The van der Waals surface area contributed by atoms with Gasteiger partial charge in [0, 0.05) is 36.1 Å². The third kappa shape index (κ3) is 3.53. The molecule has 4 rings (SSSR count). The zero-order valence-electron chi connectivity index (χ0n) is 15.0. The minimum Gasteiger partial charge on any atom is -0.497 e. The van der Waals surface area contributed by atoms with E-state index in [2.05, 4.69) is 10.3 Å². The number of nitrogens with one attached hydrogen (secondary N) is 2. The van der Waals surface area contributed by atoms with Crippen molar-refractivity contribution in [3.05, 3.63) is 54.1 Å². The molecule has 0 bridgehead atoms. The number of hydrogen-bond acceptors (Lipinski definition) is 4. The Hall–Kier alpha value is -3.22. The summed E-state index contributed by atoms with van der Waals surface area (Å²) in [7, 11) is 1.61. The average Bonchev–Trinajstić information content (AvgIpc) is 3.37. The molecule has 7 heteroatoms. The van der Waals surface area contributed by atoms with Crippen LogP contribution in [0.25, 0.3) is 10.9 Å². The van der Waals surface area contributed by atoms with E-state index in [1.54, 1.807) is 24.1 Å². The molecule has 2 N–H and O–H groups in total. The first-order valence-corrected chi connectivity index (χ1v) is 8.94. The van der Waals surface area contributed by atoms with Gasteiger partial charge in [-0.1, -0.05) is 0 Å². The summed E-state index contributed by atoms with van der Waals surface area (Å²) < 4.78 is 10.4. The number of piperidine rings is 1. The molecule has 7 nitrogen and oxygen atoms in total. The zero-order valence-corrected chi connectivity index (χ0v) is 15.0. The number of amides is 2. The van der Waals surface area contributed by atoms with Gasteiger partial charge in [0.25, 0.3) is 11.8 Å². The van der Waals surface area contributed by atoms with Gasteiger partial charge in [0.2, 0.25) is 0 Å². The molecule has 0 saturated carbocycles. The van der Waals surface area contributed by atoms with Gasteiger partial charge >= 0.3 is 0 Å². The van der Waals surface area contributed by atoms with Gasteiger partial charge in [0.15, 0.2) is 5.76 Å². The van der Waals surface area contributed by atoms with Crippen LogP contribution in [-0.4, -0.2) is 47.9 Å². The third-order valence-electron chi connectivity index (χ3n) is 4.92. The Labute approximate surface area is 156 Å². The topological polar surface area (TPSA) is 87.6 Å². The standard InChI is InChI=1S/C20H21N3O4/c1-26-15-5-4-13-11-17(22-16(13)12-15)19(24)21-14-6-8-23(9-7-14)20(25)18-3-2-10-27-18/h2-5,10-12,14,22H,6-9H2,1H3,(H,21,24). The predicted octanol–water partition coefficient (Wildman–Crippen LogP) is 2.80. The number of nitrogens with zero attached hydrogens (tertiary/aromatic N) is 1. The van der Waals surface area contributed by atoms with E-state index in [0.717, 1.165) is 16.7 Å². The Morgan fingerprint density at radius 2 is 2.04 bits per heavy atom. The lowest BCUT2D eigenvalue weighted by atomic mass is 10.0. The number of carbonyl (C=O) groups is 2. The lowest BCUT2D eigenvalue weighted by Crippen LogP contribution is -2.46. The number of methoxy groups -OCH3 is 1. The maximum Gasteiger partial charge on any atom is 0.289 e. The minimum atomic E-state index is -0.138. The average molecular weight is 367 g/mol. The van der Waals surface area contributed by atoms with Crippen LogP contribution in [0.3, 0.4) is 0 Å². The van der Waals surface area contributed by atoms with Crippen molar-refractivity contribution < 1.29 is 18.7 Å². The fourth-order valence-corrected chi connectivity index (χ4v) is 3.40. The summed E-state index contributed by atoms with van der Waals surface area (Å²) in [5.74, 6) is 0.853. The van der Waals surface area contributed by atoms with E-state index in [4.69, 9.17) is 9.15 Å². The monoisotopic (exact) mass is 367 g/mol. The summed E-state index contributed by atoms with van der Waals surface area (Å²) in [6.45, 7) is 1.18. The highest BCUT2D eigenvalue weighted by Crippen LogP contribution is 2.22. The molecular weight excluding hydrogens is 346 g/mol. The van der Waals surface area contributed by atoms with Crippen LogP contribution < -0.4 is 10.1 Å². The number of benzene rings is 1. The lowest BCUT2D eigenvalue weighted by molar-refractivity contribution is 0.0667. The van der Waals surface area contributed by atoms with E-state index < -0.39 is 0 Å². The van der Waals surface area contributed by atoms with Crippen molar-refractivity contribution in [2.24, 2.45) is 0 Å². The van der Waals surface area contributed by atoms with Crippen LogP contribution in [0.4, 0.5) is 0 Å². The number of aromatic nitrogens is 1. The van der Waals surface area contributed by atoms with Crippen molar-refractivity contribution in [3.63, 3.8) is 0 Å². The number of H-pyrrole nitrogens is 1. The van der Waals surface area contributed by atoms with E-state index in [0.29, 0.717) is 37.4 Å². The third-order valence-corrected chi connectivity index (χ3v) is 4.92. The molecule has 27 heavy (non-hydrogen) atoms. The quantitative estimate of drug-likeness (QED) is 0.742. The Balaban J connectivity index is 1.36.